The summed E-state index contributed by atoms with van der Waals surface area (Å²) in [5.41, 5.74) is -0.163. The number of fused-ring (bicyclic) bond motifs is 1. The molecule has 0 aliphatic carbocycles. The number of nitrogens with one attached hydrogen (secondary N) is 1. The van der Waals surface area contributed by atoms with Crippen molar-refractivity contribution >= 4 is 27.9 Å². The number of benzene rings is 1. The van der Waals surface area contributed by atoms with Crippen LogP contribution in [-0.4, -0.2) is 20.5 Å². The van der Waals surface area contributed by atoms with Crippen molar-refractivity contribution in [2.24, 2.45) is 0 Å². The molecule has 1 atom stereocenters. The summed E-state index contributed by atoms with van der Waals surface area (Å²) >= 11 is 1.36. The molecule has 8 heteroatoms. The summed E-state index contributed by atoms with van der Waals surface area (Å²) in [4.78, 5) is 29.3. The van der Waals surface area contributed by atoms with Crippen molar-refractivity contribution in [2.45, 2.75) is 26.2 Å². The molecule has 0 fully saturated rings. The van der Waals surface area contributed by atoms with Crippen LogP contribution in [0.3, 0.4) is 0 Å². The van der Waals surface area contributed by atoms with Gasteiger partial charge in [0.2, 0.25) is 4.96 Å². The molecule has 24 heavy (non-hydrogen) atoms. The quantitative estimate of drug-likeness (QED) is 0.788. The topological polar surface area (TPSA) is 76.4 Å². The van der Waals surface area contributed by atoms with Crippen molar-refractivity contribution in [3.05, 3.63) is 57.2 Å². The molecular weight excluding hydrogens is 331 g/mol. The molecule has 3 aromatic rings. The lowest BCUT2D eigenvalue weighted by molar-refractivity contribution is 0.102. The first kappa shape index (κ1) is 16.3. The van der Waals surface area contributed by atoms with E-state index in [9.17, 15) is 14.0 Å². The number of aromatic nitrogens is 3. The Labute approximate surface area is 141 Å². The average Bonchev–Trinajstić information content (AvgIpc) is 3.02. The summed E-state index contributed by atoms with van der Waals surface area (Å²) in [6.07, 6.45) is 2.22. The molecule has 0 unspecified atom stereocenters. The second-order valence-corrected chi connectivity index (χ2v) is 6.37. The van der Waals surface area contributed by atoms with E-state index >= 15 is 0 Å². The molecule has 1 N–H and O–H groups in total. The van der Waals surface area contributed by atoms with Gasteiger partial charge in [0.05, 0.1) is 6.20 Å². The Morgan fingerprint density at radius 2 is 2.08 bits per heavy atom. The summed E-state index contributed by atoms with van der Waals surface area (Å²) in [6.45, 7) is 4.07. The molecule has 0 saturated heterocycles. The maximum Gasteiger partial charge on any atom is 0.298 e. The van der Waals surface area contributed by atoms with Crippen LogP contribution >= 0.6 is 11.3 Å². The van der Waals surface area contributed by atoms with E-state index in [4.69, 9.17) is 0 Å². The number of amides is 1. The van der Waals surface area contributed by atoms with Crippen molar-refractivity contribution in [1.82, 2.24) is 14.6 Å². The van der Waals surface area contributed by atoms with Crippen molar-refractivity contribution < 1.29 is 9.18 Å². The highest BCUT2D eigenvalue weighted by Gasteiger charge is 2.15. The SMILES string of the molecule is CC[C@H](C)c1nn2c(=O)c(NC(=O)c3ccc(F)cc3)cnc2s1. The highest BCUT2D eigenvalue weighted by Crippen LogP contribution is 2.23. The first-order chi connectivity index (χ1) is 11.5. The van der Waals surface area contributed by atoms with Crippen LogP contribution in [0, 0.1) is 5.82 Å². The molecule has 0 radical (unpaired) electrons. The van der Waals surface area contributed by atoms with E-state index in [0.29, 0.717) is 4.96 Å². The van der Waals surface area contributed by atoms with Crippen LogP contribution in [0.5, 0.6) is 0 Å². The fraction of sp³-hybridized carbons (Fsp3) is 0.250. The third-order valence-corrected chi connectivity index (χ3v) is 4.85. The van der Waals surface area contributed by atoms with Crippen LogP contribution in [0.25, 0.3) is 4.96 Å². The van der Waals surface area contributed by atoms with E-state index in [0.717, 1.165) is 11.4 Å². The van der Waals surface area contributed by atoms with Crippen LogP contribution in [0.1, 0.15) is 41.6 Å². The normalized spacial score (nSPS) is 12.3. The van der Waals surface area contributed by atoms with Gasteiger partial charge >= 0.3 is 0 Å². The third kappa shape index (κ3) is 3.05. The van der Waals surface area contributed by atoms with Gasteiger partial charge < -0.3 is 5.32 Å². The zero-order valence-electron chi connectivity index (χ0n) is 13.1. The van der Waals surface area contributed by atoms with Gasteiger partial charge in [0.15, 0.2) is 0 Å². The Morgan fingerprint density at radius 3 is 2.75 bits per heavy atom. The summed E-state index contributed by atoms with van der Waals surface area (Å²) in [6, 6.07) is 5.06. The van der Waals surface area contributed by atoms with Gasteiger partial charge in [-0.05, 0) is 30.7 Å². The molecule has 3 rings (SSSR count). The molecule has 0 saturated carbocycles. The van der Waals surface area contributed by atoms with Gasteiger partial charge in [-0.1, -0.05) is 25.2 Å². The van der Waals surface area contributed by atoms with Gasteiger partial charge in [-0.25, -0.2) is 9.37 Å². The molecule has 1 amide bonds. The molecule has 124 valence electrons. The van der Waals surface area contributed by atoms with Gasteiger partial charge in [-0.3, -0.25) is 9.59 Å². The monoisotopic (exact) mass is 346 g/mol. The lowest BCUT2D eigenvalue weighted by atomic mass is 10.1. The smallest absolute Gasteiger partial charge is 0.298 e. The first-order valence-electron chi connectivity index (χ1n) is 7.45. The molecule has 1 aromatic carbocycles. The number of carbonyl (C=O) groups is 1. The lowest BCUT2D eigenvalue weighted by Gasteiger charge is -2.04. The second-order valence-electron chi connectivity index (χ2n) is 5.38. The number of hydrogen-bond donors (Lipinski definition) is 1. The summed E-state index contributed by atoms with van der Waals surface area (Å²) < 4.78 is 14.1. The summed E-state index contributed by atoms with van der Waals surface area (Å²) in [5, 5.41) is 7.62. The summed E-state index contributed by atoms with van der Waals surface area (Å²) in [7, 11) is 0. The Balaban J connectivity index is 1.92. The molecule has 2 heterocycles. The minimum Gasteiger partial charge on any atom is -0.316 e. The average molecular weight is 346 g/mol. The van der Waals surface area contributed by atoms with E-state index in [1.54, 1.807) is 0 Å². The molecular formula is C16H15FN4O2S. The van der Waals surface area contributed by atoms with Crippen molar-refractivity contribution in [2.75, 3.05) is 5.32 Å². The largest absolute Gasteiger partial charge is 0.316 e. The molecule has 0 aliphatic heterocycles. The van der Waals surface area contributed by atoms with Gasteiger partial charge in [0.25, 0.3) is 11.5 Å². The number of anilines is 1. The van der Waals surface area contributed by atoms with E-state index in [2.05, 4.69) is 15.4 Å². The van der Waals surface area contributed by atoms with Crippen LogP contribution in [-0.2, 0) is 0 Å². The van der Waals surface area contributed by atoms with Gasteiger partial charge in [-0.2, -0.15) is 9.61 Å². The Bertz CT molecular complexity index is 949. The maximum absolute atomic E-state index is 12.9. The molecule has 0 bridgehead atoms. The fourth-order valence-electron chi connectivity index (χ4n) is 2.06. The zero-order valence-corrected chi connectivity index (χ0v) is 13.9. The predicted octanol–water partition coefficient (Wildman–Crippen LogP) is 3.06. The molecule has 2 aromatic heterocycles. The van der Waals surface area contributed by atoms with Gasteiger partial charge in [0.1, 0.15) is 16.5 Å². The minimum atomic E-state index is -0.508. The van der Waals surface area contributed by atoms with Crippen LogP contribution in [0.15, 0.2) is 35.3 Å². The first-order valence-corrected chi connectivity index (χ1v) is 8.27. The highest BCUT2D eigenvalue weighted by molar-refractivity contribution is 7.16. The third-order valence-electron chi connectivity index (χ3n) is 3.69. The van der Waals surface area contributed by atoms with Crippen LogP contribution in [0.2, 0.25) is 0 Å². The van der Waals surface area contributed by atoms with E-state index < -0.39 is 17.3 Å². The number of halogens is 1. The Morgan fingerprint density at radius 1 is 1.38 bits per heavy atom. The standard InChI is InChI=1S/C16H15FN4O2S/c1-3-9(2)14-20-21-15(23)12(8-18-16(21)24-14)19-13(22)10-4-6-11(17)7-5-10/h4-9H,3H2,1-2H3,(H,19,22)/t9-/m0/s1. The molecule has 0 aliphatic rings. The van der Waals surface area contributed by atoms with Gasteiger partial charge in [0, 0.05) is 11.5 Å². The fourth-order valence-corrected chi connectivity index (χ4v) is 3.05. The number of carbonyl (C=O) groups excluding carboxylic acids is 1. The van der Waals surface area contributed by atoms with E-state index in [1.807, 2.05) is 13.8 Å². The number of hydrogen-bond acceptors (Lipinski definition) is 5. The Kier molecular flexibility index (Phi) is 4.39. The lowest BCUT2D eigenvalue weighted by Crippen LogP contribution is -2.23. The summed E-state index contributed by atoms with van der Waals surface area (Å²) in [5.74, 6) is -0.714. The van der Waals surface area contributed by atoms with E-state index in [1.165, 1.54) is 46.3 Å². The van der Waals surface area contributed by atoms with Crippen molar-refractivity contribution in [3.63, 3.8) is 0 Å². The van der Waals surface area contributed by atoms with Gasteiger partial charge in [-0.15, -0.1) is 0 Å². The van der Waals surface area contributed by atoms with Crippen LogP contribution < -0.4 is 10.9 Å². The minimum absolute atomic E-state index is 0.0304. The molecule has 6 nitrogen and oxygen atoms in total. The maximum atomic E-state index is 12.9. The Hall–Kier alpha value is -2.61. The predicted molar refractivity (Wildman–Crippen MR) is 90.2 cm³/mol. The van der Waals surface area contributed by atoms with Crippen molar-refractivity contribution in [1.29, 1.82) is 0 Å². The van der Waals surface area contributed by atoms with Crippen molar-refractivity contribution in [3.8, 4) is 0 Å². The van der Waals surface area contributed by atoms with E-state index in [-0.39, 0.29) is 17.2 Å². The zero-order chi connectivity index (χ0) is 17.3. The highest BCUT2D eigenvalue weighted by atomic mass is 32.1. The van der Waals surface area contributed by atoms with Crippen LogP contribution in [0.4, 0.5) is 10.1 Å². The second kappa shape index (κ2) is 6.48. The number of nitrogens with zero attached hydrogens (tertiary/aromatic N) is 3. The number of rotatable bonds is 4. The molecule has 0 spiro atoms.